The highest BCUT2D eigenvalue weighted by Crippen LogP contribution is 2.38. The van der Waals surface area contributed by atoms with Gasteiger partial charge in [-0.15, -0.1) is 0 Å². The normalized spacial score (nSPS) is 11.0. The van der Waals surface area contributed by atoms with Gasteiger partial charge >= 0.3 is 11.5 Å². The fourth-order valence-corrected chi connectivity index (χ4v) is 2.99. The maximum absolute atomic E-state index is 12.5. The Balaban J connectivity index is 3.22. The first-order chi connectivity index (χ1) is 9.80. The number of hydrogen-bond donors (Lipinski definition) is 0. The van der Waals surface area contributed by atoms with Crippen LogP contribution in [-0.4, -0.2) is 18.1 Å². The number of alkyl halides is 4. The molecule has 21 heavy (non-hydrogen) atoms. The van der Waals surface area contributed by atoms with Crippen LogP contribution in [0.5, 0.6) is 0 Å². The van der Waals surface area contributed by atoms with E-state index in [1.54, 1.807) is 6.92 Å². The molecule has 0 spiro atoms. The summed E-state index contributed by atoms with van der Waals surface area (Å²) in [5, 5.41) is 9.32. The number of carbonyl (C=O) groups is 1. The minimum absolute atomic E-state index is 0.112. The molecule has 0 fully saturated rings. The van der Waals surface area contributed by atoms with E-state index in [0.717, 1.165) is 0 Å². The molecule has 1 aromatic carbocycles. The Bertz CT molecular complexity index is 570. The van der Waals surface area contributed by atoms with E-state index in [9.17, 15) is 18.0 Å². The molecule has 0 bridgehead atoms. The quantitative estimate of drug-likeness (QED) is 0.436. The molecule has 1 aromatic rings. The van der Waals surface area contributed by atoms with Gasteiger partial charge in [0, 0.05) is 10.2 Å². The number of halogens is 4. The zero-order chi connectivity index (χ0) is 16.0. The Labute approximate surface area is 132 Å². The third kappa shape index (κ3) is 5.59. The maximum atomic E-state index is 12.5. The highest BCUT2D eigenvalue weighted by atomic mass is 79.9. The lowest BCUT2D eigenvalue weighted by atomic mass is 10.0. The summed E-state index contributed by atoms with van der Waals surface area (Å²) in [5.41, 5.74) is -3.49. The molecule has 0 radical (unpaired) electrons. The summed E-state index contributed by atoms with van der Waals surface area (Å²) in [4.78, 5) is 11.4. The third-order valence-electron chi connectivity index (χ3n) is 2.44. The van der Waals surface area contributed by atoms with Crippen molar-refractivity contribution in [3.05, 3.63) is 28.8 Å². The van der Waals surface area contributed by atoms with Gasteiger partial charge in [-0.25, -0.2) is 0 Å². The molecule has 0 aromatic heterocycles. The van der Waals surface area contributed by atoms with Crippen LogP contribution in [0.15, 0.2) is 17.0 Å². The lowest BCUT2D eigenvalue weighted by Gasteiger charge is -2.13. The predicted octanol–water partition coefficient (Wildman–Crippen LogP) is 4.17. The number of benzene rings is 1. The summed E-state index contributed by atoms with van der Waals surface area (Å²) in [5.74, 6) is -0.544. The van der Waals surface area contributed by atoms with Crippen molar-refractivity contribution in [2.24, 2.45) is 0 Å². The second-order valence-corrected chi connectivity index (χ2v) is 5.58. The summed E-state index contributed by atoms with van der Waals surface area (Å²) in [6.45, 7) is 1.82. The smallest absolute Gasteiger partial charge is 0.446 e. The van der Waals surface area contributed by atoms with E-state index in [-0.39, 0.29) is 40.6 Å². The molecule has 0 saturated heterocycles. The molecule has 0 N–H and O–H groups in total. The molecule has 0 saturated carbocycles. The first-order valence-corrected chi connectivity index (χ1v) is 7.77. The number of ether oxygens (including phenoxy) is 1. The molecular formula is C13H11BrF3NO2S. The van der Waals surface area contributed by atoms with Crippen molar-refractivity contribution in [2.45, 2.75) is 29.1 Å². The zero-order valence-electron chi connectivity index (χ0n) is 11.0. The van der Waals surface area contributed by atoms with E-state index in [1.165, 1.54) is 12.1 Å². The van der Waals surface area contributed by atoms with Gasteiger partial charge in [-0.05, 0) is 41.9 Å². The predicted molar refractivity (Wildman–Crippen MR) is 76.0 cm³/mol. The summed E-state index contributed by atoms with van der Waals surface area (Å²) < 4.78 is 42.2. The Hall–Kier alpha value is -1.20. The van der Waals surface area contributed by atoms with Crippen molar-refractivity contribution in [1.82, 2.24) is 0 Å². The molecule has 1 rings (SSSR count). The molecule has 114 valence electrons. The molecule has 0 aliphatic heterocycles. The number of nitriles is 1. The van der Waals surface area contributed by atoms with Crippen molar-refractivity contribution < 1.29 is 22.7 Å². The van der Waals surface area contributed by atoms with Crippen molar-refractivity contribution in [3.63, 3.8) is 0 Å². The van der Waals surface area contributed by atoms with Crippen LogP contribution in [0.1, 0.15) is 23.6 Å². The monoisotopic (exact) mass is 381 g/mol. The van der Waals surface area contributed by atoms with Gasteiger partial charge in [-0.3, -0.25) is 4.79 Å². The van der Waals surface area contributed by atoms with Gasteiger partial charge in [0.1, 0.15) is 0 Å². The molecular weight excluding hydrogens is 371 g/mol. The number of hydrogen-bond acceptors (Lipinski definition) is 4. The second-order valence-electron chi connectivity index (χ2n) is 3.88. The second kappa shape index (κ2) is 7.71. The standard InChI is InChI=1S/C13H11BrF3NO2S/c1-2-20-12(19)5-8-3-10(21-13(15,16)17)4-9(7-18)11(8)6-14/h3-4H,2,5-6H2,1H3. The minimum atomic E-state index is -4.45. The van der Waals surface area contributed by atoms with Crippen molar-refractivity contribution in [1.29, 1.82) is 5.26 Å². The van der Waals surface area contributed by atoms with Crippen LogP contribution in [0.4, 0.5) is 13.2 Å². The molecule has 0 atom stereocenters. The number of nitrogens with zero attached hydrogens (tertiary/aromatic N) is 1. The van der Waals surface area contributed by atoms with Crippen molar-refractivity contribution in [2.75, 3.05) is 6.61 Å². The molecule has 0 aliphatic rings. The summed E-state index contributed by atoms with van der Waals surface area (Å²) in [6, 6.07) is 4.30. The van der Waals surface area contributed by atoms with E-state index < -0.39 is 11.5 Å². The Morgan fingerprint density at radius 1 is 1.48 bits per heavy atom. The average molecular weight is 382 g/mol. The van der Waals surface area contributed by atoms with Crippen LogP contribution in [0.25, 0.3) is 0 Å². The van der Waals surface area contributed by atoms with Gasteiger partial charge in [0.2, 0.25) is 0 Å². The molecule has 3 nitrogen and oxygen atoms in total. The van der Waals surface area contributed by atoms with Gasteiger partial charge in [0.25, 0.3) is 0 Å². The van der Waals surface area contributed by atoms with Gasteiger partial charge in [0.05, 0.1) is 24.7 Å². The molecule has 0 amide bonds. The average Bonchev–Trinajstić information content (AvgIpc) is 2.36. The van der Waals surface area contributed by atoms with Crippen LogP contribution in [0, 0.1) is 11.3 Å². The number of rotatable bonds is 5. The van der Waals surface area contributed by atoms with Crippen molar-refractivity contribution >= 4 is 33.7 Å². The van der Waals surface area contributed by atoms with Crippen LogP contribution >= 0.6 is 27.7 Å². The summed E-state index contributed by atoms with van der Waals surface area (Å²) >= 11 is 2.87. The van der Waals surface area contributed by atoms with Crippen LogP contribution in [0.3, 0.4) is 0 Å². The molecule has 8 heteroatoms. The Morgan fingerprint density at radius 2 is 2.14 bits per heavy atom. The van der Waals surface area contributed by atoms with Crippen molar-refractivity contribution in [3.8, 4) is 6.07 Å². The van der Waals surface area contributed by atoms with Crippen LogP contribution in [-0.2, 0) is 21.3 Å². The highest BCUT2D eigenvalue weighted by Gasteiger charge is 2.30. The number of esters is 1. The minimum Gasteiger partial charge on any atom is -0.466 e. The first-order valence-electron chi connectivity index (χ1n) is 5.84. The molecule has 0 heterocycles. The lowest BCUT2D eigenvalue weighted by molar-refractivity contribution is -0.142. The highest BCUT2D eigenvalue weighted by molar-refractivity contribution is 9.08. The van der Waals surface area contributed by atoms with E-state index in [2.05, 4.69) is 15.9 Å². The topological polar surface area (TPSA) is 50.1 Å². The van der Waals surface area contributed by atoms with Gasteiger partial charge in [0.15, 0.2) is 0 Å². The van der Waals surface area contributed by atoms with Gasteiger partial charge in [-0.2, -0.15) is 18.4 Å². The molecule has 0 unspecified atom stereocenters. The zero-order valence-corrected chi connectivity index (χ0v) is 13.4. The molecule has 0 aliphatic carbocycles. The maximum Gasteiger partial charge on any atom is 0.446 e. The third-order valence-corrected chi connectivity index (χ3v) is 3.71. The van der Waals surface area contributed by atoms with E-state index >= 15 is 0 Å². The van der Waals surface area contributed by atoms with Crippen LogP contribution in [0.2, 0.25) is 0 Å². The van der Waals surface area contributed by atoms with Gasteiger partial charge in [-0.1, -0.05) is 15.9 Å². The fourth-order valence-electron chi connectivity index (χ4n) is 1.68. The van der Waals surface area contributed by atoms with Gasteiger partial charge < -0.3 is 4.74 Å². The Morgan fingerprint density at radius 3 is 2.62 bits per heavy atom. The SMILES string of the molecule is CCOC(=O)Cc1cc(SC(F)(F)F)cc(C#N)c1CBr. The summed E-state index contributed by atoms with van der Waals surface area (Å²) in [6.07, 6.45) is -0.171. The number of thioether (sulfide) groups is 1. The first kappa shape index (κ1) is 17.9. The Kier molecular flexibility index (Phi) is 6.55. The van der Waals surface area contributed by atoms with E-state index in [1.807, 2.05) is 6.07 Å². The fraction of sp³-hybridized carbons (Fsp3) is 0.385. The van der Waals surface area contributed by atoms with Crippen LogP contribution < -0.4 is 0 Å². The summed E-state index contributed by atoms with van der Waals surface area (Å²) in [7, 11) is 0. The lowest BCUT2D eigenvalue weighted by Crippen LogP contribution is -2.10. The number of carbonyl (C=O) groups excluding carboxylic acids is 1. The van der Waals surface area contributed by atoms with E-state index in [4.69, 9.17) is 10.00 Å². The largest absolute Gasteiger partial charge is 0.466 e. The van der Waals surface area contributed by atoms with E-state index in [0.29, 0.717) is 11.1 Å².